The highest BCUT2D eigenvalue weighted by Crippen LogP contribution is 2.27. The van der Waals surface area contributed by atoms with E-state index in [1.807, 2.05) is 36.0 Å². The molecule has 1 aliphatic rings. The second-order valence-corrected chi connectivity index (χ2v) is 7.08. The Morgan fingerprint density at radius 3 is 2.67 bits per heavy atom. The predicted molar refractivity (Wildman–Crippen MR) is 86.2 cm³/mol. The molecule has 1 N–H and O–H groups in total. The molecule has 2 rings (SSSR count). The van der Waals surface area contributed by atoms with E-state index in [0.717, 1.165) is 27.2 Å². The molecular weight excluding hydrogens is 357 g/mol. The summed E-state index contributed by atoms with van der Waals surface area (Å²) in [5, 5.41) is 3.94. The van der Waals surface area contributed by atoms with E-state index in [1.165, 1.54) is 12.8 Å². The minimum Gasteiger partial charge on any atom is -0.349 e. The molecule has 1 aromatic carbocycles. The Kier molecular flexibility index (Phi) is 5.36. The number of halogens is 1. The van der Waals surface area contributed by atoms with Crippen molar-refractivity contribution in [3.8, 4) is 0 Å². The number of thioether (sulfide) groups is 1. The molecule has 1 aromatic rings. The summed E-state index contributed by atoms with van der Waals surface area (Å²) in [4.78, 5) is 12.1. The minimum absolute atomic E-state index is 0.0705. The Labute approximate surface area is 126 Å². The van der Waals surface area contributed by atoms with Crippen molar-refractivity contribution in [3.05, 3.63) is 33.4 Å². The van der Waals surface area contributed by atoms with Crippen LogP contribution in [0, 0.1) is 3.57 Å². The van der Waals surface area contributed by atoms with E-state index >= 15 is 0 Å². The molecule has 0 spiro atoms. The second kappa shape index (κ2) is 6.80. The van der Waals surface area contributed by atoms with Gasteiger partial charge in [-0.15, -0.1) is 0 Å². The van der Waals surface area contributed by atoms with Crippen LogP contribution in [0.3, 0.4) is 0 Å². The first-order chi connectivity index (χ1) is 8.69. The van der Waals surface area contributed by atoms with Crippen LogP contribution >= 0.6 is 34.4 Å². The summed E-state index contributed by atoms with van der Waals surface area (Å²) in [6, 6.07) is 8.11. The van der Waals surface area contributed by atoms with Gasteiger partial charge in [0, 0.05) is 20.4 Å². The first kappa shape index (κ1) is 14.2. The van der Waals surface area contributed by atoms with E-state index in [-0.39, 0.29) is 5.91 Å². The Morgan fingerprint density at radius 2 is 2.06 bits per heavy atom. The molecule has 0 aliphatic heterocycles. The number of hydrogen-bond donors (Lipinski definition) is 1. The van der Waals surface area contributed by atoms with Crippen LogP contribution in [0.1, 0.15) is 36.0 Å². The van der Waals surface area contributed by atoms with Crippen molar-refractivity contribution in [2.45, 2.75) is 37.0 Å². The summed E-state index contributed by atoms with van der Waals surface area (Å²) in [5.41, 5.74) is 0.772. The van der Waals surface area contributed by atoms with Gasteiger partial charge in [0.15, 0.2) is 0 Å². The second-order valence-electron chi connectivity index (χ2n) is 4.69. The van der Waals surface area contributed by atoms with Gasteiger partial charge in [-0.05, 0) is 72.7 Å². The van der Waals surface area contributed by atoms with Gasteiger partial charge in [-0.2, -0.15) is 11.8 Å². The van der Waals surface area contributed by atoms with Crippen molar-refractivity contribution in [3.63, 3.8) is 0 Å². The SMILES string of the molecule is CSC1CCC(NC(=O)c2cccc(I)c2)CC1. The van der Waals surface area contributed by atoms with Crippen LogP contribution in [-0.2, 0) is 0 Å². The first-order valence-electron chi connectivity index (χ1n) is 6.28. The molecule has 0 unspecified atom stereocenters. The molecule has 2 nitrogen and oxygen atoms in total. The fourth-order valence-electron chi connectivity index (χ4n) is 2.34. The summed E-state index contributed by atoms with van der Waals surface area (Å²) in [6.45, 7) is 0. The third-order valence-corrected chi connectivity index (χ3v) is 5.24. The van der Waals surface area contributed by atoms with Gasteiger partial charge in [-0.1, -0.05) is 6.07 Å². The summed E-state index contributed by atoms with van der Waals surface area (Å²) >= 11 is 4.19. The molecule has 1 aliphatic carbocycles. The molecule has 1 fully saturated rings. The fraction of sp³-hybridized carbons (Fsp3) is 0.500. The summed E-state index contributed by atoms with van der Waals surface area (Å²) in [6.07, 6.45) is 6.84. The maximum Gasteiger partial charge on any atom is 0.251 e. The number of carbonyl (C=O) groups excluding carboxylic acids is 1. The number of rotatable bonds is 3. The van der Waals surface area contributed by atoms with Crippen molar-refractivity contribution in [1.29, 1.82) is 0 Å². The number of benzene rings is 1. The monoisotopic (exact) mass is 375 g/mol. The number of amides is 1. The van der Waals surface area contributed by atoms with E-state index in [1.54, 1.807) is 0 Å². The van der Waals surface area contributed by atoms with Crippen molar-refractivity contribution in [2.75, 3.05) is 6.26 Å². The van der Waals surface area contributed by atoms with Crippen LogP contribution in [0.2, 0.25) is 0 Å². The highest BCUT2D eigenvalue weighted by Gasteiger charge is 2.22. The quantitative estimate of drug-likeness (QED) is 0.817. The van der Waals surface area contributed by atoms with Gasteiger partial charge in [0.05, 0.1) is 0 Å². The molecule has 18 heavy (non-hydrogen) atoms. The third-order valence-electron chi connectivity index (χ3n) is 3.43. The molecule has 98 valence electrons. The minimum atomic E-state index is 0.0705. The highest BCUT2D eigenvalue weighted by molar-refractivity contribution is 14.1. The van der Waals surface area contributed by atoms with E-state index in [4.69, 9.17) is 0 Å². The van der Waals surface area contributed by atoms with Crippen LogP contribution in [0.25, 0.3) is 0 Å². The maximum atomic E-state index is 12.1. The highest BCUT2D eigenvalue weighted by atomic mass is 127. The zero-order chi connectivity index (χ0) is 13.0. The van der Waals surface area contributed by atoms with Crippen molar-refractivity contribution < 1.29 is 4.79 Å². The zero-order valence-corrected chi connectivity index (χ0v) is 13.5. The fourth-order valence-corrected chi connectivity index (χ4v) is 3.63. The van der Waals surface area contributed by atoms with Crippen molar-refractivity contribution in [1.82, 2.24) is 5.32 Å². The van der Waals surface area contributed by atoms with Gasteiger partial charge in [0.1, 0.15) is 0 Å². The lowest BCUT2D eigenvalue weighted by Crippen LogP contribution is -2.38. The third kappa shape index (κ3) is 3.88. The van der Waals surface area contributed by atoms with Gasteiger partial charge < -0.3 is 5.32 Å². The van der Waals surface area contributed by atoms with Crippen LogP contribution < -0.4 is 5.32 Å². The molecule has 1 amide bonds. The van der Waals surface area contributed by atoms with Crippen molar-refractivity contribution >= 4 is 40.3 Å². The molecular formula is C14H18INOS. The zero-order valence-electron chi connectivity index (χ0n) is 10.5. The molecule has 0 atom stereocenters. The lowest BCUT2D eigenvalue weighted by Gasteiger charge is -2.28. The van der Waals surface area contributed by atoms with E-state index in [2.05, 4.69) is 34.2 Å². The van der Waals surface area contributed by atoms with Gasteiger partial charge >= 0.3 is 0 Å². The maximum absolute atomic E-state index is 12.1. The Morgan fingerprint density at radius 1 is 1.33 bits per heavy atom. The topological polar surface area (TPSA) is 29.1 Å². The summed E-state index contributed by atoms with van der Waals surface area (Å²) in [5.74, 6) is 0.0705. The van der Waals surface area contributed by atoms with Crippen LogP contribution in [0.4, 0.5) is 0 Å². The number of hydrogen-bond acceptors (Lipinski definition) is 2. The lowest BCUT2D eigenvalue weighted by atomic mass is 9.94. The number of nitrogens with one attached hydrogen (secondary N) is 1. The average Bonchev–Trinajstić information content (AvgIpc) is 2.39. The van der Waals surface area contributed by atoms with Gasteiger partial charge in [0.2, 0.25) is 0 Å². The average molecular weight is 375 g/mol. The molecule has 4 heteroatoms. The number of carbonyl (C=O) groups is 1. The standard InChI is InChI=1S/C14H18INOS/c1-18-13-7-5-12(6-8-13)16-14(17)10-3-2-4-11(15)9-10/h2-4,9,12-13H,5-8H2,1H3,(H,16,17). The van der Waals surface area contributed by atoms with Gasteiger partial charge in [-0.25, -0.2) is 0 Å². The Hall–Kier alpha value is -0.230. The van der Waals surface area contributed by atoms with E-state index in [9.17, 15) is 4.79 Å². The molecule has 0 aromatic heterocycles. The Balaban J connectivity index is 1.89. The largest absolute Gasteiger partial charge is 0.349 e. The van der Waals surface area contributed by atoms with E-state index < -0.39 is 0 Å². The first-order valence-corrected chi connectivity index (χ1v) is 8.65. The molecule has 0 bridgehead atoms. The smallest absolute Gasteiger partial charge is 0.251 e. The predicted octanol–water partition coefficient (Wildman–Crippen LogP) is 3.70. The normalized spacial score (nSPS) is 23.7. The van der Waals surface area contributed by atoms with Crippen LogP contribution in [0.15, 0.2) is 24.3 Å². The van der Waals surface area contributed by atoms with Gasteiger partial charge in [-0.3, -0.25) is 4.79 Å². The van der Waals surface area contributed by atoms with Crippen molar-refractivity contribution in [2.24, 2.45) is 0 Å². The van der Waals surface area contributed by atoms with Crippen LogP contribution in [0.5, 0.6) is 0 Å². The molecule has 0 radical (unpaired) electrons. The Bertz CT molecular complexity index is 416. The van der Waals surface area contributed by atoms with E-state index in [0.29, 0.717) is 6.04 Å². The summed E-state index contributed by atoms with van der Waals surface area (Å²) in [7, 11) is 0. The molecule has 1 saturated carbocycles. The lowest BCUT2D eigenvalue weighted by molar-refractivity contribution is 0.0928. The van der Waals surface area contributed by atoms with Gasteiger partial charge in [0.25, 0.3) is 5.91 Å². The summed E-state index contributed by atoms with van der Waals surface area (Å²) < 4.78 is 1.10. The van der Waals surface area contributed by atoms with Crippen LogP contribution in [-0.4, -0.2) is 23.5 Å². The molecule has 0 saturated heterocycles. The molecule has 0 heterocycles.